The van der Waals surface area contributed by atoms with Crippen molar-refractivity contribution in [1.82, 2.24) is 9.55 Å². The summed E-state index contributed by atoms with van der Waals surface area (Å²) >= 11 is 3.29. The van der Waals surface area contributed by atoms with Gasteiger partial charge in [-0.2, -0.15) is 0 Å². The summed E-state index contributed by atoms with van der Waals surface area (Å²) < 4.78 is 12.7. The smallest absolute Gasteiger partial charge is 0.209 e. The van der Waals surface area contributed by atoms with E-state index in [1.54, 1.807) is 11.7 Å². The van der Waals surface area contributed by atoms with Crippen LogP contribution in [0.4, 0.5) is 5.95 Å². The summed E-state index contributed by atoms with van der Waals surface area (Å²) in [6.07, 6.45) is 0.778. The van der Waals surface area contributed by atoms with Gasteiger partial charge in [0.1, 0.15) is 17.0 Å². The van der Waals surface area contributed by atoms with Crippen LogP contribution in [0.1, 0.15) is 10.5 Å². The Kier molecular flexibility index (Phi) is 4.14. The molecule has 0 unspecified atom stereocenters. The van der Waals surface area contributed by atoms with Crippen LogP contribution in [-0.4, -0.2) is 49.3 Å². The minimum absolute atomic E-state index is 0.305. The van der Waals surface area contributed by atoms with Crippen LogP contribution in [0.2, 0.25) is 0 Å². The molecule has 94 valence electrons. The standard InChI is InChI=1S/C10H14BrN3O3/c1-16-7-14-8(6-15)9(11)12-10(14)13-2-4-17-5-3-13/h6H,2-5,7H2,1H3. The number of anilines is 1. The van der Waals surface area contributed by atoms with Gasteiger partial charge in [0.25, 0.3) is 0 Å². The summed E-state index contributed by atoms with van der Waals surface area (Å²) in [5.74, 6) is 0.740. The molecule has 0 saturated carbocycles. The Morgan fingerprint density at radius 1 is 1.53 bits per heavy atom. The van der Waals surface area contributed by atoms with Crippen molar-refractivity contribution in [3.05, 3.63) is 10.3 Å². The Bertz CT molecular complexity index is 402. The molecule has 0 aliphatic carbocycles. The number of aldehydes is 1. The lowest BCUT2D eigenvalue weighted by Crippen LogP contribution is -2.38. The summed E-state index contributed by atoms with van der Waals surface area (Å²) in [7, 11) is 1.59. The molecule has 1 saturated heterocycles. The largest absolute Gasteiger partial charge is 0.378 e. The minimum Gasteiger partial charge on any atom is -0.378 e. The first kappa shape index (κ1) is 12.5. The molecule has 1 aliphatic heterocycles. The lowest BCUT2D eigenvalue weighted by molar-refractivity contribution is 0.105. The zero-order valence-electron chi connectivity index (χ0n) is 9.56. The van der Waals surface area contributed by atoms with Crippen molar-refractivity contribution in [2.75, 3.05) is 38.3 Å². The number of carbonyl (C=O) groups is 1. The monoisotopic (exact) mass is 303 g/mol. The maximum atomic E-state index is 11.0. The lowest BCUT2D eigenvalue weighted by atomic mass is 10.4. The molecule has 2 heterocycles. The fourth-order valence-corrected chi connectivity index (χ4v) is 2.26. The van der Waals surface area contributed by atoms with Crippen molar-refractivity contribution in [2.45, 2.75) is 6.73 Å². The molecule has 1 fully saturated rings. The van der Waals surface area contributed by atoms with Crippen LogP contribution in [0.3, 0.4) is 0 Å². The average molecular weight is 304 g/mol. The Labute approximate surface area is 108 Å². The third kappa shape index (κ3) is 2.51. The highest BCUT2D eigenvalue weighted by Gasteiger charge is 2.21. The van der Waals surface area contributed by atoms with Gasteiger partial charge in [-0.15, -0.1) is 0 Å². The quantitative estimate of drug-likeness (QED) is 0.774. The van der Waals surface area contributed by atoms with Gasteiger partial charge in [0.15, 0.2) is 6.29 Å². The number of aromatic nitrogens is 2. The van der Waals surface area contributed by atoms with Crippen molar-refractivity contribution < 1.29 is 14.3 Å². The van der Waals surface area contributed by atoms with Gasteiger partial charge in [-0.3, -0.25) is 9.36 Å². The SMILES string of the molecule is COCn1c(N2CCOCC2)nc(Br)c1C=O. The number of methoxy groups -OCH3 is 1. The second kappa shape index (κ2) is 5.61. The van der Waals surface area contributed by atoms with E-state index in [0.717, 1.165) is 25.3 Å². The summed E-state index contributed by atoms with van der Waals surface area (Å²) in [5.41, 5.74) is 0.494. The first-order valence-electron chi connectivity index (χ1n) is 5.30. The van der Waals surface area contributed by atoms with E-state index < -0.39 is 0 Å². The van der Waals surface area contributed by atoms with Gasteiger partial charge in [-0.1, -0.05) is 0 Å². The van der Waals surface area contributed by atoms with Crippen LogP contribution >= 0.6 is 15.9 Å². The molecule has 6 nitrogen and oxygen atoms in total. The van der Waals surface area contributed by atoms with Crippen molar-refractivity contribution in [3.63, 3.8) is 0 Å². The molecule has 0 N–H and O–H groups in total. The fraction of sp³-hybridized carbons (Fsp3) is 0.600. The number of carbonyl (C=O) groups excluding carboxylic acids is 1. The summed E-state index contributed by atoms with van der Waals surface area (Å²) in [6, 6.07) is 0. The molecule has 0 bridgehead atoms. The number of ether oxygens (including phenoxy) is 2. The first-order chi connectivity index (χ1) is 8.27. The predicted molar refractivity (Wildman–Crippen MR) is 65.4 cm³/mol. The van der Waals surface area contributed by atoms with E-state index in [2.05, 4.69) is 25.8 Å². The maximum absolute atomic E-state index is 11.0. The average Bonchev–Trinajstić information content (AvgIpc) is 2.67. The van der Waals surface area contributed by atoms with E-state index in [1.165, 1.54) is 0 Å². The van der Waals surface area contributed by atoms with Crippen LogP contribution in [0.25, 0.3) is 0 Å². The number of hydrogen-bond acceptors (Lipinski definition) is 5. The molecule has 0 amide bonds. The van der Waals surface area contributed by atoms with Gasteiger partial charge in [-0.25, -0.2) is 4.98 Å². The highest BCUT2D eigenvalue weighted by molar-refractivity contribution is 9.10. The molecule has 0 radical (unpaired) electrons. The van der Waals surface area contributed by atoms with Crippen molar-refractivity contribution in [2.24, 2.45) is 0 Å². The van der Waals surface area contributed by atoms with Crippen molar-refractivity contribution in [1.29, 1.82) is 0 Å². The van der Waals surface area contributed by atoms with E-state index in [1.807, 2.05) is 0 Å². The van der Waals surface area contributed by atoms with Gasteiger partial charge >= 0.3 is 0 Å². The van der Waals surface area contributed by atoms with E-state index >= 15 is 0 Å². The number of morpholine rings is 1. The zero-order valence-corrected chi connectivity index (χ0v) is 11.1. The van der Waals surface area contributed by atoms with Gasteiger partial charge in [0.2, 0.25) is 5.95 Å². The molecule has 17 heavy (non-hydrogen) atoms. The minimum atomic E-state index is 0.305. The van der Waals surface area contributed by atoms with E-state index in [0.29, 0.717) is 30.2 Å². The topological polar surface area (TPSA) is 56.6 Å². The van der Waals surface area contributed by atoms with Crippen LogP contribution in [0.15, 0.2) is 4.60 Å². The van der Waals surface area contributed by atoms with Crippen LogP contribution in [0, 0.1) is 0 Å². The van der Waals surface area contributed by atoms with Crippen molar-refractivity contribution >= 4 is 28.2 Å². The summed E-state index contributed by atoms with van der Waals surface area (Å²) in [5, 5.41) is 0. The highest BCUT2D eigenvalue weighted by Crippen LogP contribution is 2.23. The third-order valence-electron chi connectivity index (χ3n) is 2.61. The number of hydrogen-bond donors (Lipinski definition) is 0. The van der Waals surface area contributed by atoms with Crippen molar-refractivity contribution in [3.8, 4) is 0 Å². The normalized spacial score (nSPS) is 16.2. The van der Waals surface area contributed by atoms with Gasteiger partial charge < -0.3 is 14.4 Å². The Morgan fingerprint density at radius 3 is 2.82 bits per heavy atom. The fourth-order valence-electron chi connectivity index (χ4n) is 1.80. The molecule has 0 atom stereocenters. The molecular weight excluding hydrogens is 290 g/mol. The van der Waals surface area contributed by atoms with Crippen LogP contribution in [0.5, 0.6) is 0 Å². The van der Waals surface area contributed by atoms with E-state index in [9.17, 15) is 4.79 Å². The van der Waals surface area contributed by atoms with Gasteiger partial charge in [0, 0.05) is 20.2 Å². The van der Waals surface area contributed by atoms with Gasteiger partial charge in [-0.05, 0) is 15.9 Å². The molecule has 1 aromatic rings. The zero-order chi connectivity index (χ0) is 12.3. The molecule has 1 aromatic heterocycles. The molecule has 7 heteroatoms. The van der Waals surface area contributed by atoms with Gasteiger partial charge in [0.05, 0.1) is 13.2 Å². The molecule has 0 aromatic carbocycles. The number of rotatable bonds is 4. The summed E-state index contributed by atoms with van der Waals surface area (Å²) in [6.45, 7) is 3.19. The Morgan fingerprint density at radius 2 is 2.24 bits per heavy atom. The second-order valence-corrected chi connectivity index (χ2v) is 4.40. The lowest BCUT2D eigenvalue weighted by Gasteiger charge is -2.28. The predicted octanol–water partition coefficient (Wildman–Crippen LogP) is 0.899. The first-order valence-corrected chi connectivity index (χ1v) is 6.10. The number of nitrogens with zero attached hydrogens (tertiary/aromatic N) is 3. The molecule has 0 spiro atoms. The third-order valence-corrected chi connectivity index (χ3v) is 3.19. The van der Waals surface area contributed by atoms with E-state index in [4.69, 9.17) is 9.47 Å². The number of imidazole rings is 1. The number of halogens is 1. The highest BCUT2D eigenvalue weighted by atomic mass is 79.9. The maximum Gasteiger partial charge on any atom is 0.209 e. The summed E-state index contributed by atoms with van der Waals surface area (Å²) in [4.78, 5) is 17.5. The van der Waals surface area contributed by atoms with Crippen LogP contribution < -0.4 is 4.90 Å². The molecular formula is C10H14BrN3O3. The Balaban J connectivity index is 2.33. The van der Waals surface area contributed by atoms with E-state index in [-0.39, 0.29) is 0 Å². The second-order valence-electron chi connectivity index (χ2n) is 3.65. The molecule has 1 aliphatic rings. The van der Waals surface area contributed by atoms with Crippen LogP contribution in [-0.2, 0) is 16.2 Å². The Hall–Kier alpha value is -0.920. The molecule has 2 rings (SSSR count).